The van der Waals surface area contributed by atoms with Crippen molar-refractivity contribution < 1.29 is 0 Å². The van der Waals surface area contributed by atoms with Gasteiger partial charge in [-0.3, -0.25) is 0 Å². The van der Waals surface area contributed by atoms with Gasteiger partial charge in [-0.2, -0.15) is 0 Å². The SMILES string of the molecule is CCc1ccc(NC2CCCCC2C(C)C)cc1. The molecule has 1 aromatic carbocycles. The zero-order valence-corrected chi connectivity index (χ0v) is 12.1. The van der Waals surface area contributed by atoms with Gasteiger partial charge < -0.3 is 5.32 Å². The average molecular weight is 245 g/mol. The van der Waals surface area contributed by atoms with Gasteiger partial charge in [-0.05, 0) is 48.8 Å². The molecule has 1 fully saturated rings. The van der Waals surface area contributed by atoms with Gasteiger partial charge in [0.25, 0.3) is 0 Å². The van der Waals surface area contributed by atoms with E-state index in [1.54, 1.807) is 0 Å². The summed E-state index contributed by atoms with van der Waals surface area (Å²) in [4.78, 5) is 0. The summed E-state index contributed by atoms with van der Waals surface area (Å²) < 4.78 is 0. The first kappa shape index (κ1) is 13.5. The first-order valence-corrected chi connectivity index (χ1v) is 7.56. The van der Waals surface area contributed by atoms with Crippen LogP contribution < -0.4 is 5.32 Å². The molecule has 0 aromatic heterocycles. The predicted molar refractivity (Wildman–Crippen MR) is 80.0 cm³/mol. The Kier molecular flexibility index (Phi) is 4.68. The third-order valence-corrected chi connectivity index (χ3v) is 4.39. The number of hydrogen-bond acceptors (Lipinski definition) is 1. The summed E-state index contributed by atoms with van der Waals surface area (Å²) in [6.07, 6.45) is 6.64. The Bertz CT molecular complexity index is 352. The van der Waals surface area contributed by atoms with Crippen LogP contribution in [0.25, 0.3) is 0 Å². The van der Waals surface area contributed by atoms with Crippen LogP contribution >= 0.6 is 0 Å². The largest absolute Gasteiger partial charge is 0.382 e. The molecule has 0 spiro atoms. The van der Waals surface area contributed by atoms with Crippen molar-refractivity contribution in [2.24, 2.45) is 11.8 Å². The minimum atomic E-state index is 0.672. The van der Waals surface area contributed by atoms with Crippen molar-refractivity contribution in [1.82, 2.24) is 0 Å². The van der Waals surface area contributed by atoms with Crippen LogP contribution in [0.2, 0.25) is 0 Å². The van der Waals surface area contributed by atoms with E-state index in [0.717, 1.165) is 18.3 Å². The maximum absolute atomic E-state index is 3.76. The van der Waals surface area contributed by atoms with Crippen LogP contribution in [0.4, 0.5) is 5.69 Å². The fraction of sp³-hybridized carbons (Fsp3) is 0.647. The molecule has 1 aliphatic carbocycles. The molecule has 0 heterocycles. The third-order valence-electron chi connectivity index (χ3n) is 4.39. The highest BCUT2D eigenvalue weighted by molar-refractivity contribution is 5.45. The van der Waals surface area contributed by atoms with Crippen molar-refractivity contribution in [3.05, 3.63) is 29.8 Å². The molecule has 1 heteroatoms. The second kappa shape index (κ2) is 6.26. The standard InChI is InChI=1S/C17H27N/c1-4-14-9-11-15(12-10-14)18-17-8-6-5-7-16(17)13(2)3/h9-13,16-18H,4-8H2,1-3H3. The predicted octanol–water partition coefficient (Wildman–Crippen LogP) is 4.88. The Balaban J connectivity index is 2.01. The molecule has 2 unspecified atom stereocenters. The summed E-state index contributed by atoms with van der Waals surface area (Å²) in [5, 5.41) is 3.76. The molecule has 18 heavy (non-hydrogen) atoms. The lowest BCUT2D eigenvalue weighted by Crippen LogP contribution is -2.35. The number of nitrogens with one attached hydrogen (secondary N) is 1. The van der Waals surface area contributed by atoms with E-state index < -0.39 is 0 Å². The van der Waals surface area contributed by atoms with Gasteiger partial charge in [-0.15, -0.1) is 0 Å². The summed E-state index contributed by atoms with van der Waals surface area (Å²) in [6.45, 7) is 6.94. The van der Waals surface area contributed by atoms with Crippen LogP contribution in [0, 0.1) is 11.8 Å². The van der Waals surface area contributed by atoms with Crippen LogP contribution in [0.3, 0.4) is 0 Å². The number of rotatable bonds is 4. The molecule has 100 valence electrons. The third kappa shape index (κ3) is 3.28. The molecular formula is C17H27N. The zero-order chi connectivity index (χ0) is 13.0. The topological polar surface area (TPSA) is 12.0 Å². The quantitative estimate of drug-likeness (QED) is 0.797. The zero-order valence-electron chi connectivity index (χ0n) is 12.1. The molecule has 0 saturated heterocycles. The Morgan fingerprint density at radius 2 is 1.78 bits per heavy atom. The average Bonchev–Trinajstić information content (AvgIpc) is 2.40. The van der Waals surface area contributed by atoms with E-state index >= 15 is 0 Å². The van der Waals surface area contributed by atoms with Crippen LogP contribution in [-0.2, 0) is 6.42 Å². The van der Waals surface area contributed by atoms with Gasteiger partial charge >= 0.3 is 0 Å². The molecule has 1 nitrogen and oxygen atoms in total. The van der Waals surface area contributed by atoms with E-state index in [1.807, 2.05) is 0 Å². The number of aryl methyl sites for hydroxylation is 1. The number of benzene rings is 1. The molecule has 1 saturated carbocycles. The molecule has 0 bridgehead atoms. The van der Waals surface area contributed by atoms with Crippen LogP contribution in [0.1, 0.15) is 52.0 Å². The molecule has 1 aromatic rings. The second-order valence-corrected chi connectivity index (χ2v) is 5.99. The fourth-order valence-electron chi connectivity index (χ4n) is 3.19. The van der Waals surface area contributed by atoms with E-state index in [-0.39, 0.29) is 0 Å². The van der Waals surface area contributed by atoms with E-state index in [1.165, 1.54) is 36.9 Å². The van der Waals surface area contributed by atoms with Crippen molar-refractivity contribution in [2.45, 2.75) is 58.9 Å². The van der Waals surface area contributed by atoms with Crippen molar-refractivity contribution in [1.29, 1.82) is 0 Å². The van der Waals surface area contributed by atoms with Crippen LogP contribution in [-0.4, -0.2) is 6.04 Å². The van der Waals surface area contributed by atoms with Gasteiger partial charge in [-0.1, -0.05) is 45.7 Å². The Hall–Kier alpha value is -0.980. The Labute approximate surface area is 112 Å². The van der Waals surface area contributed by atoms with Crippen molar-refractivity contribution >= 4 is 5.69 Å². The molecule has 0 radical (unpaired) electrons. The van der Waals surface area contributed by atoms with Gasteiger partial charge in [0.05, 0.1) is 0 Å². The van der Waals surface area contributed by atoms with Crippen molar-refractivity contribution in [3.8, 4) is 0 Å². The van der Waals surface area contributed by atoms with Crippen LogP contribution in [0.5, 0.6) is 0 Å². The first-order valence-electron chi connectivity index (χ1n) is 7.56. The molecular weight excluding hydrogens is 218 g/mol. The van der Waals surface area contributed by atoms with E-state index in [0.29, 0.717) is 6.04 Å². The van der Waals surface area contributed by atoms with Gasteiger partial charge in [0.1, 0.15) is 0 Å². The minimum absolute atomic E-state index is 0.672. The highest BCUT2D eigenvalue weighted by atomic mass is 14.9. The molecule has 2 rings (SSSR count). The van der Waals surface area contributed by atoms with E-state index in [4.69, 9.17) is 0 Å². The maximum atomic E-state index is 3.76. The molecule has 0 aliphatic heterocycles. The summed E-state index contributed by atoms with van der Waals surface area (Å²) in [5.41, 5.74) is 2.72. The lowest BCUT2D eigenvalue weighted by atomic mass is 9.78. The molecule has 0 amide bonds. The molecule has 1 N–H and O–H groups in total. The monoisotopic (exact) mass is 245 g/mol. The van der Waals surface area contributed by atoms with E-state index in [2.05, 4.69) is 50.4 Å². The lowest BCUT2D eigenvalue weighted by molar-refractivity contribution is 0.254. The summed E-state index contributed by atoms with van der Waals surface area (Å²) in [6, 6.07) is 9.65. The normalized spacial score (nSPS) is 24.2. The van der Waals surface area contributed by atoms with Crippen molar-refractivity contribution in [2.75, 3.05) is 5.32 Å². The lowest BCUT2D eigenvalue weighted by Gasteiger charge is -2.35. The second-order valence-electron chi connectivity index (χ2n) is 5.99. The summed E-state index contributed by atoms with van der Waals surface area (Å²) >= 11 is 0. The van der Waals surface area contributed by atoms with E-state index in [9.17, 15) is 0 Å². The summed E-state index contributed by atoms with van der Waals surface area (Å²) in [5.74, 6) is 1.63. The van der Waals surface area contributed by atoms with Gasteiger partial charge in [0.2, 0.25) is 0 Å². The van der Waals surface area contributed by atoms with Crippen molar-refractivity contribution in [3.63, 3.8) is 0 Å². The first-order chi connectivity index (χ1) is 8.70. The van der Waals surface area contributed by atoms with Gasteiger partial charge in [-0.25, -0.2) is 0 Å². The Morgan fingerprint density at radius 3 is 2.39 bits per heavy atom. The molecule has 2 atom stereocenters. The number of anilines is 1. The highest BCUT2D eigenvalue weighted by Crippen LogP contribution is 2.32. The van der Waals surface area contributed by atoms with Gasteiger partial charge in [0, 0.05) is 11.7 Å². The minimum Gasteiger partial charge on any atom is -0.382 e. The van der Waals surface area contributed by atoms with Gasteiger partial charge in [0.15, 0.2) is 0 Å². The molecule has 1 aliphatic rings. The van der Waals surface area contributed by atoms with Crippen LogP contribution in [0.15, 0.2) is 24.3 Å². The highest BCUT2D eigenvalue weighted by Gasteiger charge is 2.27. The fourth-order valence-corrected chi connectivity index (χ4v) is 3.19. The Morgan fingerprint density at radius 1 is 1.11 bits per heavy atom. The smallest absolute Gasteiger partial charge is 0.0342 e. The summed E-state index contributed by atoms with van der Waals surface area (Å²) in [7, 11) is 0. The number of hydrogen-bond donors (Lipinski definition) is 1. The maximum Gasteiger partial charge on any atom is 0.0342 e.